The van der Waals surface area contributed by atoms with Crippen LogP contribution in [0.2, 0.25) is 0 Å². The van der Waals surface area contributed by atoms with Crippen LogP contribution in [0.1, 0.15) is 12.5 Å². The van der Waals surface area contributed by atoms with Crippen molar-refractivity contribution in [2.24, 2.45) is 0 Å². The van der Waals surface area contributed by atoms with Gasteiger partial charge in [-0.15, -0.1) is 0 Å². The van der Waals surface area contributed by atoms with Crippen molar-refractivity contribution in [1.29, 1.82) is 0 Å². The Morgan fingerprint density at radius 2 is 2.16 bits per heavy atom. The largest absolute Gasteiger partial charge is 0.326 e. The number of carbonyl (C=O) groups excluding carboxylic acids is 3. The van der Waals surface area contributed by atoms with E-state index in [-0.39, 0.29) is 11.8 Å². The number of rotatable bonds is 3. The quantitative estimate of drug-likeness (QED) is 0.729. The van der Waals surface area contributed by atoms with Gasteiger partial charge in [0, 0.05) is 23.5 Å². The molecule has 1 aliphatic rings. The van der Waals surface area contributed by atoms with Gasteiger partial charge >= 0.3 is 6.03 Å². The third-order valence-electron chi connectivity index (χ3n) is 2.66. The summed E-state index contributed by atoms with van der Waals surface area (Å²) in [5.74, 6) is -0.553. The minimum atomic E-state index is -0.616. The zero-order chi connectivity index (χ0) is 14.0. The maximum absolute atomic E-state index is 11.5. The standard InChI is InChI=1S/C12H12BrN3O3/c1-6(17)14-9-3-2-8(13)4-7(9)5-10-11(18)16-12(19)15-10/h2-4,10H,5H2,1H3,(H,14,17)(H2,15,16,18,19). The van der Waals surface area contributed by atoms with Gasteiger partial charge in [-0.3, -0.25) is 14.9 Å². The summed E-state index contributed by atoms with van der Waals surface area (Å²) >= 11 is 3.34. The van der Waals surface area contributed by atoms with Crippen molar-refractivity contribution in [1.82, 2.24) is 10.6 Å². The molecule has 1 atom stereocenters. The summed E-state index contributed by atoms with van der Waals surface area (Å²) in [7, 11) is 0. The number of anilines is 1. The Bertz CT molecular complexity index is 559. The molecule has 19 heavy (non-hydrogen) atoms. The first-order valence-electron chi connectivity index (χ1n) is 5.63. The SMILES string of the molecule is CC(=O)Nc1ccc(Br)cc1CC1NC(=O)NC1=O. The van der Waals surface area contributed by atoms with Crippen LogP contribution in [0.3, 0.4) is 0 Å². The summed E-state index contributed by atoms with van der Waals surface area (Å²) in [6.45, 7) is 1.41. The van der Waals surface area contributed by atoms with Gasteiger partial charge in [-0.2, -0.15) is 0 Å². The van der Waals surface area contributed by atoms with Crippen LogP contribution in [0.15, 0.2) is 22.7 Å². The van der Waals surface area contributed by atoms with Crippen LogP contribution in [0.4, 0.5) is 10.5 Å². The van der Waals surface area contributed by atoms with Gasteiger partial charge in [-0.05, 0) is 23.8 Å². The summed E-state index contributed by atoms with van der Waals surface area (Å²) in [5, 5.41) is 7.39. The maximum Gasteiger partial charge on any atom is 0.322 e. The van der Waals surface area contributed by atoms with Crippen LogP contribution in [0.5, 0.6) is 0 Å². The molecule has 0 saturated carbocycles. The highest BCUT2D eigenvalue weighted by Crippen LogP contribution is 2.23. The lowest BCUT2D eigenvalue weighted by atomic mass is 10.0. The molecule has 7 heteroatoms. The second kappa shape index (κ2) is 5.40. The smallest absolute Gasteiger partial charge is 0.322 e. The number of hydrogen-bond acceptors (Lipinski definition) is 3. The predicted octanol–water partition coefficient (Wildman–Crippen LogP) is 1.16. The number of urea groups is 1. The first-order valence-corrected chi connectivity index (χ1v) is 6.42. The number of benzene rings is 1. The highest BCUT2D eigenvalue weighted by molar-refractivity contribution is 9.10. The van der Waals surface area contributed by atoms with E-state index in [4.69, 9.17) is 0 Å². The predicted molar refractivity (Wildman–Crippen MR) is 72.6 cm³/mol. The van der Waals surface area contributed by atoms with E-state index >= 15 is 0 Å². The fraction of sp³-hybridized carbons (Fsp3) is 0.250. The summed E-state index contributed by atoms with van der Waals surface area (Å²) in [5.41, 5.74) is 1.40. The molecule has 1 fully saturated rings. The van der Waals surface area contributed by atoms with Crippen LogP contribution in [0, 0.1) is 0 Å². The van der Waals surface area contributed by atoms with Crippen LogP contribution in [0.25, 0.3) is 0 Å². The van der Waals surface area contributed by atoms with Crippen molar-refractivity contribution in [2.75, 3.05) is 5.32 Å². The molecule has 100 valence electrons. The monoisotopic (exact) mass is 325 g/mol. The molecule has 0 aromatic heterocycles. The molecule has 0 spiro atoms. The van der Waals surface area contributed by atoms with E-state index in [1.807, 2.05) is 6.07 Å². The molecule has 0 bridgehead atoms. The van der Waals surface area contributed by atoms with Gasteiger partial charge in [-0.25, -0.2) is 4.79 Å². The zero-order valence-electron chi connectivity index (χ0n) is 10.1. The molecule has 0 radical (unpaired) electrons. The number of amides is 4. The highest BCUT2D eigenvalue weighted by Gasteiger charge is 2.30. The molecule has 1 aromatic rings. The Hall–Kier alpha value is -1.89. The first kappa shape index (κ1) is 13.5. The summed E-state index contributed by atoms with van der Waals surface area (Å²) in [6.07, 6.45) is 0.312. The fourth-order valence-electron chi connectivity index (χ4n) is 1.87. The van der Waals surface area contributed by atoms with Crippen molar-refractivity contribution in [3.8, 4) is 0 Å². The van der Waals surface area contributed by atoms with Crippen LogP contribution in [-0.2, 0) is 16.0 Å². The van der Waals surface area contributed by atoms with Gasteiger partial charge in [0.15, 0.2) is 0 Å². The van der Waals surface area contributed by atoms with Gasteiger partial charge in [0.1, 0.15) is 6.04 Å². The Balaban J connectivity index is 2.23. The van der Waals surface area contributed by atoms with Gasteiger partial charge in [-0.1, -0.05) is 15.9 Å². The lowest BCUT2D eigenvalue weighted by Crippen LogP contribution is -2.31. The van der Waals surface area contributed by atoms with Crippen molar-refractivity contribution < 1.29 is 14.4 Å². The third-order valence-corrected chi connectivity index (χ3v) is 3.15. The van der Waals surface area contributed by atoms with E-state index in [2.05, 4.69) is 31.9 Å². The van der Waals surface area contributed by atoms with Crippen LogP contribution < -0.4 is 16.0 Å². The molecule has 6 nitrogen and oxygen atoms in total. The molecular weight excluding hydrogens is 314 g/mol. The van der Waals surface area contributed by atoms with E-state index in [0.29, 0.717) is 12.1 Å². The lowest BCUT2D eigenvalue weighted by Gasteiger charge is -2.13. The van der Waals surface area contributed by atoms with E-state index in [0.717, 1.165) is 10.0 Å². The van der Waals surface area contributed by atoms with Crippen molar-refractivity contribution in [2.45, 2.75) is 19.4 Å². The van der Waals surface area contributed by atoms with E-state index in [9.17, 15) is 14.4 Å². The Morgan fingerprint density at radius 3 is 2.74 bits per heavy atom. The molecule has 2 rings (SSSR count). The van der Waals surface area contributed by atoms with Crippen LogP contribution in [-0.4, -0.2) is 23.9 Å². The highest BCUT2D eigenvalue weighted by atomic mass is 79.9. The van der Waals surface area contributed by atoms with Gasteiger partial charge in [0.05, 0.1) is 0 Å². The molecule has 1 aliphatic heterocycles. The molecule has 1 saturated heterocycles. The normalized spacial score (nSPS) is 17.9. The molecule has 4 amide bonds. The zero-order valence-corrected chi connectivity index (χ0v) is 11.7. The van der Waals surface area contributed by atoms with Crippen molar-refractivity contribution in [3.05, 3.63) is 28.2 Å². The Labute approximate surface area is 118 Å². The summed E-state index contributed by atoms with van der Waals surface area (Å²) in [4.78, 5) is 33.7. The van der Waals surface area contributed by atoms with E-state index in [1.165, 1.54) is 6.92 Å². The number of halogens is 1. The molecule has 1 aromatic carbocycles. The lowest BCUT2D eigenvalue weighted by molar-refractivity contribution is -0.120. The fourth-order valence-corrected chi connectivity index (χ4v) is 2.27. The maximum atomic E-state index is 11.5. The van der Waals surface area contributed by atoms with Gasteiger partial charge in [0.2, 0.25) is 5.91 Å². The van der Waals surface area contributed by atoms with Crippen molar-refractivity contribution >= 4 is 39.5 Å². The first-order chi connectivity index (χ1) is 8.95. The average molecular weight is 326 g/mol. The minimum Gasteiger partial charge on any atom is -0.326 e. The summed E-state index contributed by atoms with van der Waals surface area (Å²) < 4.78 is 0.835. The van der Waals surface area contributed by atoms with Crippen LogP contribution >= 0.6 is 15.9 Å². The molecule has 0 aliphatic carbocycles. The second-order valence-electron chi connectivity index (χ2n) is 4.20. The van der Waals surface area contributed by atoms with Gasteiger partial charge < -0.3 is 10.6 Å². The topological polar surface area (TPSA) is 87.3 Å². The minimum absolute atomic E-state index is 0.191. The average Bonchev–Trinajstić information content (AvgIpc) is 2.61. The molecule has 1 heterocycles. The van der Waals surface area contributed by atoms with Gasteiger partial charge in [0.25, 0.3) is 5.91 Å². The second-order valence-corrected chi connectivity index (χ2v) is 5.12. The van der Waals surface area contributed by atoms with Crippen molar-refractivity contribution in [3.63, 3.8) is 0 Å². The van der Waals surface area contributed by atoms with E-state index in [1.54, 1.807) is 12.1 Å². The summed E-state index contributed by atoms with van der Waals surface area (Å²) in [6, 6.07) is 4.24. The number of nitrogens with one attached hydrogen (secondary N) is 3. The third kappa shape index (κ3) is 3.31. The number of hydrogen-bond donors (Lipinski definition) is 3. The number of imide groups is 1. The Kier molecular flexibility index (Phi) is 3.84. The molecule has 1 unspecified atom stereocenters. The molecule has 3 N–H and O–H groups in total. The number of carbonyl (C=O) groups is 3. The Morgan fingerprint density at radius 1 is 1.42 bits per heavy atom. The molecular formula is C12H12BrN3O3. The van der Waals surface area contributed by atoms with E-state index < -0.39 is 12.1 Å².